The highest BCUT2D eigenvalue weighted by molar-refractivity contribution is 5.95. The largest absolute Gasteiger partial charge is 0.339 e. The van der Waals surface area contributed by atoms with Gasteiger partial charge in [0.2, 0.25) is 0 Å². The van der Waals surface area contributed by atoms with E-state index in [0.29, 0.717) is 0 Å². The lowest BCUT2D eigenvalue weighted by Gasteiger charge is -2.22. The Balaban J connectivity index is 0.00000196. The molecule has 4 rings (SSSR count). The number of fused-ring (bicyclic) bond motifs is 1. The smallest absolute Gasteiger partial charge is 0.254 e. The zero-order valence-electron chi connectivity index (χ0n) is 15.1. The molecule has 2 aromatic rings. The first-order valence-corrected chi connectivity index (χ1v) is 9.43. The fourth-order valence-corrected chi connectivity index (χ4v) is 4.29. The van der Waals surface area contributed by atoms with E-state index in [1.807, 2.05) is 24.3 Å². The second-order valence-electron chi connectivity index (χ2n) is 7.37. The third kappa shape index (κ3) is 4.11. The highest BCUT2D eigenvalue weighted by Crippen LogP contribution is 2.28. The molecule has 2 atom stereocenters. The minimum absolute atomic E-state index is 0. The van der Waals surface area contributed by atoms with Gasteiger partial charge in [0.25, 0.3) is 5.91 Å². The number of nitrogens with one attached hydrogen (secondary N) is 1. The fourth-order valence-electron chi connectivity index (χ4n) is 4.29. The van der Waals surface area contributed by atoms with Gasteiger partial charge >= 0.3 is 0 Å². The van der Waals surface area contributed by atoms with E-state index in [0.717, 1.165) is 68.4 Å². The zero-order valence-corrected chi connectivity index (χ0v) is 15.9. The summed E-state index contributed by atoms with van der Waals surface area (Å²) in [7, 11) is 0. The van der Waals surface area contributed by atoms with Crippen molar-refractivity contribution in [1.82, 2.24) is 10.2 Å². The van der Waals surface area contributed by atoms with Crippen molar-refractivity contribution in [2.75, 3.05) is 26.2 Å². The summed E-state index contributed by atoms with van der Waals surface area (Å²) in [6.45, 7) is 4.03. The van der Waals surface area contributed by atoms with Gasteiger partial charge in [-0.05, 0) is 61.4 Å². The van der Waals surface area contributed by atoms with E-state index in [2.05, 4.69) is 40.5 Å². The van der Waals surface area contributed by atoms with Crippen LogP contribution in [0.4, 0.5) is 0 Å². The Kier molecular flexibility index (Phi) is 6.33. The van der Waals surface area contributed by atoms with E-state index in [1.54, 1.807) is 0 Å². The highest BCUT2D eigenvalue weighted by Gasteiger charge is 2.32. The van der Waals surface area contributed by atoms with Crippen molar-refractivity contribution in [1.29, 1.82) is 0 Å². The van der Waals surface area contributed by atoms with Crippen LogP contribution >= 0.6 is 12.4 Å². The topological polar surface area (TPSA) is 32.3 Å². The van der Waals surface area contributed by atoms with E-state index in [9.17, 15) is 4.79 Å². The average Bonchev–Trinajstić information content (AvgIpc) is 3.01. The van der Waals surface area contributed by atoms with Gasteiger partial charge in [-0.25, -0.2) is 0 Å². The molecule has 0 aromatic heterocycles. The Bertz CT molecular complexity index is 720. The van der Waals surface area contributed by atoms with Crippen LogP contribution in [0.3, 0.4) is 0 Å². The summed E-state index contributed by atoms with van der Waals surface area (Å²) in [6.07, 6.45) is 3.07. The first-order valence-electron chi connectivity index (χ1n) is 9.43. The van der Waals surface area contributed by atoms with Crippen LogP contribution in [0.1, 0.15) is 34.3 Å². The molecule has 138 valence electrons. The molecule has 0 saturated carbocycles. The lowest BCUT2D eigenvalue weighted by molar-refractivity contribution is 0.0757. The van der Waals surface area contributed by atoms with Gasteiger partial charge in [-0.1, -0.05) is 48.5 Å². The number of halogens is 1. The first kappa shape index (κ1) is 18.9. The molecule has 1 amide bonds. The Hall–Kier alpha value is -1.84. The molecule has 2 aliphatic heterocycles. The molecule has 2 aromatic carbocycles. The van der Waals surface area contributed by atoms with E-state index in [4.69, 9.17) is 0 Å². The average molecular weight is 371 g/mol. The maximum Gasteiger partial charge on any atom is 0.254 e. The van der Waals surface area contributed by atoms with Crippen LogP contribution in [0.5, 0.6) is 0 Å². The minimum atomic E-state index is 0. The number of hydrogen-bond acceptors (Lipinski definition) is 2. The summed E-state index contributed by atoms with van der Waals surface area (Å²) in [5, 5.41) is 3.50. The molecule has 3 nitrogen and oxygen atoms in total. The second kappa shape index (κ2) is 8.70. The van der Waals surface area contributed by atoms with Crippen molar-refractivity contribution in [3.63, 3.8) is 0 Å². The van der Waals surface area contributed by atoms with Gasteiger partial charge in [0.1, 0.15) is 0 Å². The predicted molar refractivity (Wildman–Crippen MR) is 108 cm³/mol. The van der Waals surface area contributed by atoms with Gasteiger partial charge in [-0.2, -0.15) is 0 Å². The molecule has 0 spiro atoms. The van der Waals surface area contributed by atoms with E-state index in [1.165, 1.54) is 5.56 Å². The predicted octanol–water partition coefficient (Wildman–Crippen LogP) is 3.77. The quantitative estimate of drug-likeness (QED) is 0.891. The number of hydrogen-bond donors (Lipinski definition) is 1. The van der Waals surface area contributed by atoms with E-state index >= 15 is 0 Å². The molecule has 2 aliphatic rings. The van der Waals surface area contributed by atoms with Gasteiger partial charge in [0.15, 0.2) is 0 Å². The molecule has 26 heavy (non-hydrogen) atoms. The molecule has 0 bridgehead atoms. The van der Waals surface area contributed by atoms with Gasteiger partial charge in [0, 0.05) is 18.7 Å². The Labute approximate surface area is 162 Å². The van der Waals surface area contributed by atoms with Crippen molar-refractivity contribution in [2.45, 2.75) is 19.3 Å². The summed E-state index contributed by atoms with van der Waals surface area (Å²) in [5.74, 6) is 1.70. The Morgan fingerprint density at radius 3 is 2.23 bits per heavy atom. The molecule has 2 heterocycles. The van der Waals surface area contributed by atoms with Crippen LogP contribution in [-0.4, -0.2) is 37.0 Å². The lowest BCUT2D eigenvalue weighted by atomic mass is 9.92. The van der Waals surface area contributed by atoms with Crippen LogP contribution in [-0.2, 0) is 6.42 Å². The molecule has 2 fully saturated rings. The molecule has 2 saturated heterocycles. The normalized spacial score (nSPS) is 22.2. The van der Waals surface area contributed by atoms with Gasteiger partial charge in [-0.15, -0.1) is 12.4 Å². The molecule has 1 N–H and O–H groups in total. The van der Waals surface area contributed by atoms with Crippen LogP contribution < -0.4 is 5.32 Å². The van der Waals surface area contributed by atoms with E-state index in [-0.39, 0.29) is 18.3 Å². The first-order chi connectivity index (χ1) is 12.3. The number of benzene rings is 2. The minimum Gasteiger partial charge on any atom is -0.339 e. The molecular weight excluding hydrogens is 344 g/mol. The van der Waals surface area contributed by atoms with Crippen LogP contribution in [0.2, 0.25) is 0 Å². The van der Waals surface area contributed by atoms with Crippen LogP contribution in [0.15, 0.2) is 54.6 Å². The molecule has 4 heteroatoms. The monoisotopic (exact) mass is 370 g/mol. The molecule has 0 aliphatic carbocycles. The molecule has 0 radical (unpaired) electrons. The molecule has 0 unspecified atom stereocenters. The second-order valence-corrected chi connectivity index (χ2v) is 7.37. The summed E-state index contributed by atoms with van der Waals surface area (Å²) >= 11 is 0. The highest BCUT2D eigenvalue weighted by atomic mass is 35.5. The lowest BCUT2D eigenvalue weighted by Crippen LogP contribution is -2.33. The van der Waals surface area contributed by atoms with Gasteiger partial charge in [-0.3, -0.25) is 4.79 Å². The van der Waals surface area contributed by atoms with Gasteiger partial charge in [0.05, 0.1) is 0 Å². The summed E-state index contributed by atoms with van der Waals surface area (Å²) < 4.78 is 0. The Morgan fingerprint density at radius 1 is 0.923 bits per heavy atom. The summed E-state index contributed by atoms with van der Waals surface area (Å²) in [5.41, 5.74) is 3.25. The fraction of sp³-hybridized carbons (Fsp3) is 0.409. The van der Waals surface area contributed by atoms with Crippen molar-refractivity contribution < 1.29 is 4.79 Å². The maximum absolute atomic E-state index is 13.2. The van der Waals surface area contributed by atoms with Crippen molar-refractivity contribution in [3.05, 3.63) is 71.3 Å². The number of rotatable bonds is 3. The summed E-state index contributed by atoms with van der Waals surface area (Å²) in [4.78, 5) is 15.3. The Morgan fingerprint density at radius 2 is 1.54 bits per heavy atom. The van der Waals surface area contributed by atoms with Crippen molar-refractivity contribution in [3.8, 4) is 0 Å². The third-order valence-electron chi connectivity index (χ3n) is 5.79. The SMILES string of the molecule is Cl.O=C(c1ccccc1Cc1ccccc1)N1CC[C@@H]2CNC[C@@H]2CC1. The number of carbonyl (C=O) groups is 1. The van der Waals surface area contributed by atoms with Gasteiger partial charge < -0.3 is 10.2 Å². The number of carbonyl (C=O) groups excluding carboxylic acids is 1. The number of likely N-dealkylation sites (tertiary alicyclic amines) is 1. The van der Waals surface area contributed by atoms with E-state index < -0.39 is 0 Å². The summed E-state index contributed by atoms with van der Waals surface area (Å²) in [6, 6.07) is 18.5. The molecular formula is C22H27ClN2O. The maximum atomic E-state index is 13.2. The zero-order chi connectivity index (χ0) is 17.1. The van der Waals surface area contributed by atoms with Crippen molar-refractivity contribution in [2.24, 2.45) is 11.8 Å². The third-order valence-corrected chi connectivity index (χ3v) is 5.79. The number of amides is 1. The standard InChI is InChI=1S/C22H26N2O.ClH/c25-22(24-12-10-19-15-23-16-20(19)11-13-24)21-9-5-4-8-18(21)14-17-6-2-1-3-7-17;/h1-9,19-20,23H,10-16H2;1H/t19-,20+;. The van der Waals surface area contributed by atoms with Crippen LogP contribution in [0, 0.1) is 11.8 Å². The number of nitrogens with zero attached hydrogens (tertiary/aromatic N) is 1. The van der Waals surface area contributed by atoms with Crippen LogP contribution in [0.25, 0.3) is 0 Å². The van der Waals surface area contributed by atoms with Crippen molar-refractivity contribution >= 4 is 18.3 Å².